The largest absolute Gasteiger partial charge is 0.369 e. The van der Waals surface area contributed by atoms with Crippen molar-refractivity contribution in [3.63, 3.8) is 0 Å². The lowest BCUT2D eigenvalue weighted by atomic mass is 9.72. The Morgan fingerprint density at radius 3 is 2.29 bits per heavy atom. The summed E-state index contributed by atoms with van der Waals surface area (Å²) in [4.78, 5) is 14.1. The molecule has 4 heteroatoms. The van der Waals surface area contributed by atoms with E-state index in [-0.39, 0.29) is 5.91 Å². The molecule has 0 unspecified atom stereocenters. The average Bonchev–Trinajstić information content (AvgIpc) is 2.31. The van der Waals surface area contributed by atoms with Gasteiger partial charge in [-0.15, -0.1) is 0 Å². The van der Waals surface area contributed by atoms with Crippen molar-refractivity contribution in [3.8, 4) is 0 Å². The van der Waals surface area contributed by atoms with Crippen LogP contribution < -0.4 is 5.73 Å². The summed E-state index contributed by atoms with van der Waals surface area (Å²) in [6.07, 6.45) is 1.61. The van der Waals surface area contributed by atoms with E-state index < -0.39 is 5.41 Å². The van der Waals surface area contributed by atoms with E-state index in [1.165, 1.54) is 0 Å². The lowest BCUT2D eigenvalue weighted by Gasteiger charge is -2.38. The summed E-state index contributed by atoms with van der Waals surface area (Å²) in [5, 5.41) is 0. The number of nitrogens with two attached hydrogens (primary N) is 1. The van der Waals surface area contributed by atoms with Crippen LogP contribution in [0, 0.1) is 0 Å². The molecule has 17 heavy (non-hydrogen) atoms. The molecule has 1 fully saturated rings. The molecule has 1 heterocycles. The molecule has 2 rings (SSSR count). The highest BCUT2D eigenvalue weighted by Gasteiger charge is 2.40. The highest BCUT2D eigenvalue weighted by atomic mass is 79.9. The standard InChI is InChI=1S/C13H17BrN2O/c1-16-8-6-13(7-9-16,12(15)17)10-2-4-11(14)5-3-10/h2-5H,6-9H2,1H3,(H2,15,17). The second-order valence-corrected chi connectivity index (χ2v) is 5.67. The predicted octanol–water partition coefficient (Wildman–Crippen LogP) is 1.90. The first-order chi connectivity index (χ1) is 8.04. The maximum absolute atomic E-state index is 11.9. The molecule has 0 aliphatic carbocycles. The van der Waals surface area contributed by atoms with Crippen LogP contribution in [0.4, 0.5) is 0 Å². The number of likely N-dealkylation sites (tertiary alicyclic amines) is 1. The fourth-order valence-corrected chi connectivity index (χ4v) is 2.71. The van der Waals surface area contributed by atoms with Crippen LogP contribution in [0.3, 0.4) is 0 Å². The number of carbonyl (C=O) groups is 1. The summed E-state index contributed by atoms with van der Waals surface area (Å²) < 4.78 is 1.02. The number of hydrogen-bond acceptors (Lipinski definition) is 2. The number of halogens is 1. The number of benzene rings is 1. The molecule has 0 saturated carbocycles. The van der Waals surface area contributed by atoms with Crippen molar-refractivity contribution in [2.45, 2.75) is 18.3 Å². The summed E-state index contributed by atoms with van der Waals surface area (Å²) >= 11 is 3.41. The quantitative estimate of drug-likeness (QED) is 0.906. The van der Waals surface area contributed by atoms with Gasteiger partial charge in [-0.3, -0.25) is 4.79 Å². The van der Waals surface area contributed by atoms with Crippen LogP contribution >= 0.6 is 15.9 Å². The zero-order valence-electron chi connectivity index (χ0n) is 9.95. The minimum absolute atomic E-state index is 0.201. The van der Waals surface area contributed by atoms with Crippen LogP contribution in [-0.2, 0) is 10.2 Å². The fraction of sp³-hybridized carbons (Fsp3) is 0.462. The summed E-state index contributed by atoms with van der Waals surface area (Å²) in [7, 11) is 2.08. The third-order valence-corrected chi connectivity index (χ3v) is 4.24. The van der Waals surface area contributed by atoms with Crippen LogP contribution in [0.2, 0.25) is 0 Å². The molecular weight excluding hydrogens is 280 g/mol. The Hall–Kier alpha value is -0.870. The van der Waals surface area contributed by atoms with Gasteiger partial charge in [-0.1, -0.05) is 28.1 Å². The Labute approximate surface area is 110 Å². The van der Waals surface area contributed by atoms with Gasteiger partial charge < -0.3 is 10.6 Å². The average molecular weight is 297 g/mol. The van der Waals surface area contributed by atoms with E-state index in [1.807, 2.05) is 24.3 Å². The topological polar surface area (TPSA) is 46.3 Å². The van der Waals surface area contributed by atoms with Crippen molar-refractivity contribution >= 4 is 21.8 Å². The molecule has 1 amide bonds. The van der Waals surface area contributed by atoms with Crippen LogP contribution in [0.5, 0.6) is 0 Å². The Morgan fingerprint density at radius 2 is 1.82 bits per heavy atom. The molecule has 0 aromatic heterocycles. The molecule has 2 N–H and O–H groups in total. The minimum atomic E-state index is -0.479. The van der Waals surface area contributed by atoms with Gasteiger partial charge in [0.05, 0.1) is 5.41 Å². The first-order valence-corrected chi connectivity index (χ1v) is 6.58. The molecule has 0 radical (unpaired) electrons. The molecule has 1 aromatic rings. The van der Waals surface area contributed by atoms with Crippen molar-refractivity contribution in [2.24, 2.45) is 5.73 Å². The molecule has 92 valence electrons. The van der Waals surface area contributed by atoms with Crippen molar-refractivity contribution in [3.05, 3.63) is 34.3 Å². The van der Waals surface area contributed by atoms with Crippen LogP contribution in [0.25, 0.3) is 0 Å². The minimum Gasteiger partial charge on any atom is -0.369 e. The number of carbonyl (C=O) groups excluding carboxylic acids is 1. The van der Waals surface area contributed by atoms with Gasteiger partial charge in [0.25, 0.3) is 0 Å². The lowest BCUT2D eigenvalue weighted by molar-refractivity contribution is -0.125. The number of amides is 1. The number of nitrogens with zero attached hydrogens (tertiary/aromatic N) is 1. The predicted molar refractivity (Wildman–Crippen MR) is 71.7 cm³/mol. The molecule has 1 aliphatic heterocycles. The van der Waals surface area contributed by atoms with Crippen molar-refractivity contribution in [1.82, 2.24) is 4.90 Å². The Kier molecular flexibility index (Phi) is 3.54. The molecule has 0 atom stereocenters. The highest BCUT2D eigenvalue weighted by Crippen LogP contribution is 2.35. The third kappa shape index (κ3) is 2.38. The summed E-state index contributed by atoms with van der Waals surface area (Å²) in [5.74, 6) is -0.201. The normalized spacial score (nSPS) is 20.1. The Bertz CT molecular complexity index is 408. The van der Waals surface area contributed by atoms with Gasteiger partial charge >= 0.3 is 0 Å². The second-order valence-electron chi connectivity index (χ2n) is 4.76. The van der Waals surface area contributed by atoms with Gasteiger partial charge in [0, 0.05) is 4.47 Å². The molecule has 1 aliphatic rings. The smallest absolute Gasteiger partial charge is 0.228 e. The molecule has 0 spiro atoms. The number of hydrogen-bond donors (Lipinski definition) is 1. The van der Waals surface area contributed by atoms with Crippen LogP contribution in [0.1, 0.15) is 18.4 Å². The van der Waals surface area contributed by atoms with Gasteiger partial charge in [0.2, 0.25) is 5.91 Å². The van der Waals surface area contributed by atoms with E-state index in [4.69, 9.17) is 5.73 Å². The molecular formula is C13H17BrN2O. The van der Waals surface area contributed by atoms with Crippen molar-refractivity contribution in [2.75, 3.05) is 20.1 Å². The first kappa shape index (κ1) is 12.6. The summed E-state index contributed by atoms with van der Waals surface area (Å²) in [6, 6.07) is 7.94. The highest BCUT2D eigenvalue weighted by molar-refractivity contribution is 9.10. The lowest BCUT2D eigenvalue weighted by Crippen LogP contribution is -2.49. The molecule has 1 aromatic carbocycles. The third-order valence-electron chi connectivity index (χ3n) is 3.71. The molecule has 0 bridgehead atoms. The zero-order chi connectivity index (χ0) is 12.5. The van der Waals surface area contributed by atoms with Gasteiger partial charge in [-0.25, -0.2) is 0 Å². The van der Waals surface area contributed by atoms with E-state index in [9.17, 15) is 4.79 Å². The first-order valence-electron chi connectivity index (χ1n) is 5.79. The van der Waals surface area contributed by atoms with Crippen molar-refractivity contribution < 1.29 is 4.79 Å². The summed E-state index contributed by atoms with van der Waals surface area (Å²) in [6.45, 7) is 1.83. The van der Waals surface area contributed by atoms with Crippen LogP contribution in [-0.4, -0.2) is 30.9 Å². The van der Waals surface area contributed by atoms with Gasteiger partial charge in [-0.2, -0.15) is 0 Å². The van der Waals surface area contributed by atoms with Gasteiger partial charge in [-0.05, 0) is 50.7 Å². The Morgan fingerprint density at radius 1 is 1.29 bits per heavy atom. The van der Waals surface area contributed by atoms with Gasteiger partial charge in [0.15, 0.2) is 0 Å². The molecule has 3 nitrogen and oxygen atoms in total. The van der Waals surface area contributed by atoms with Crippen molar-refractivity contribution in [1.29, 1.82) is 0 Å². The van der Waals surface area contributed by atoms with Gasteiger partial charge in [0.1, 0.15) is 0 Å². The second kappa shape index (κ2) is 4.78. The van der Waals surface area contributed by atoms with E-state index >= 15 is 0 Å². The maximum Gasteiger partial charge on any atom is 0.228 e. The van der Waals surface area contributed by atoms with E-state index in [1.54, 1.807) is 0 Å². The number of piperidine rings is 1. The zero-order valence-corrected chi connectivity index (χ0v) is 11.5. The Balaban J connectivity index is 2.35. The van der Waals surface area contributed by atoms with E-state index in [0.717, 1.165) is 36.0 Å². The van der Waals surface area contributed by atoms with E-state index in [2.05, 4.69) is 27.9 Å². The summed E-state index contributed by atoms with van der Waals surface area (Å²) in [5.41, 5.74) is 6.21. The SMILES string of the molecule is CN1CCC(C(N)=O)(c2ccc(Br)cc2)CC1. The monoisotopic (exact) mass is 296 g/mol. The number of rotatable bonds is 2. The number of primary amides is 1. The maximum atomic E-state index is 11.9. The molecule has 1 saturated heterocycles. The fourth-order valence-electron chi connectivity index (χ4n) is 2.45. The van der Waals surface area contributed by atoms with Crippen LogP contribution in [0.15, 0.2) is 28.7 Å². The van der Waals surface area contributed by atoms with E-state index in [0.29, 0.717) is 0 Å².